The van der Waals surface area contributed by atoms with Crippen LogP contribution in [0, 0.1) is 0 Å². The maximum atomic E-state index is 9.96. The van der Waals surface area contributed by atoms with E-state index in [4.69, 9.17) is 10.2 Å². The lowest BCUT2D eigenvalue weighted by atomic mass is 10.5. The first kappa shape index (κ1) is 6.47. The fraction of sp³-hybridized carbons (Fsp3) is 0. The summed E-state index contributed by atoms with van der Waals surface area (Å²) in [4.78, 5) is 16.5. The lowest BCUT2D eigenvalue weighted by Gasteiger charge is -1.92. The Balaban J connectivity index is 3.18. The molecule has 0 aliphatic heterocycles. The Kier molecular flexibility index (Phi) is 1.49. The van der Waals surface area contributed by atoms with Gasteiger partial charge >= 0.3 is 0 Å². The van der Waals surface area contributed by atoms with Gasteiger partial charge in [-0.2, -0.15) is 9.97 Å². The van der Waals surface area contributed by atoms with Gasteiger partial charge in [0.15, 0.2) is 12.1 Å². The quantitative estimate of drug-likeness (QED) is 0.523. The predicted molar refractivity (Wildman–Crippen MR) is 30.7 cm³/mol. The molecule has 1 heterocycles. The minimum Gasteiger partial charge on any atom is -0.493 e. The standard InChI is InChI=1S/C5H4N2O3/c8-2-3-6-4(9)1-5(10)7-3/h1-2H,(H2,6,7,9,10). The maximum absolute atomic E-state index is 9.96. The number of aromatic hydroxyl groups is 2. The molecule has 0 bridgehead atoms. The molecule has 0 atom stereocenters. The molecular weight excluding hydrogens is 136 g/mol. The van der Waals surface area contributed by atoms with Crippen molar-refractivity contribution in [1.82, 2.24) is 9.97 Å². The number of hydrogen-bond donors (Lipinski definition) is 2. The summed E-state index contributed by atoms with van der Waals surface area (Å²) in [5.74, 6) is -1.08. The van der Waals surface area contributed by atoms with E-state index in [-0.39, 0.29) is 5.82 Å². The Morgan fingerprint density at radius 2 is 1.80 bits per heavy atom. The third-order valence-corrected chi connectivity index (χ3v) is 0.822. The molecule has 0 saturated heterocycles. The van der Waals surface area contributed by atoms with Crippen LogP contribution in [0.1, 0.15) is 10.6 Å². The molecule has 0 aromatic carbocycles. The van der Waals surface area contributed by atoms with Crippen molar-refractivity contribution in [3.05, 3.63) is 11.9 Å². The highest BCUT2D eigenvalue weighted by Crippen LogP contribution is 2.10. The monoisotopic (exact) mass is 140 g/mol. The second-order valence-electron chi connectivity index (χ2n) is 1.56. The number of hydrogen-bond acceptors (Lipinski definition) is 5. The molecule has 1 rings (SSSR count). The molecule has 2 N–H and O–H groups in total. The number of aldehydes is 1. The number of rotatable bonds is 1. The van der Waals surface area contributed by atoms with Crippen molar-refractivity contribution < 1.29 is 15.0 Å². The highest BCUT2D eigenvalue weighted by Gasteiger charge is 1.99. The zero-order valence-corrected chi connectivity index (χ0v) is 4.85. The van der Waals surface area contributed by atoms with Gasteiger partial charge in [0.25, 0.3) is 0 Å². The van der Waals surface area contributed by atoms with Crippen LogP contribution in [0.4, 0.5) is 0 Å². The van der Waals surface area contributed by atoms with Gasteiger partial charge < -0.3 is 10.2 Å². The molecule has 1 aromatic rings. The third kappa shape index (κ3) is 1.19. The molecule has 5 nitrogen and oxygen atoms in total. The summed E-state index contributed by atoms with van der Waals surface area (Å²) in [6.07, 6.45) is 0.333. The predicted octanol–water partition coefficient (Wildman–Crippen LogP) is -0.300. The van der Waals surface area contributed by atoms with Crippen molar-refractivity contribution in [2.45, 2.75) is 0 Å². The first-order valence-corrected chi connectivity index (χ1v) is 2.44. The van der Waals surface area contributed by atoms with E-state index in [1.165, 1.54) is 0 Å². The Bertz CT molecular complexity index is 241. The van der Waals surface area contributed by atoms with Crippen LogP contribution in [-0.4, -0.2) is 26.5 Å². The Morgan fingerprint density at radius 3 is 2.20 bits per heavy atom. The van der Waals surface area contributed by atoms with Gasteiger partial charge in [-0.3, -0.25) is 4.79 Å². The fourth-order valence-corrected chi connectivity index (χ4v) is 0.492. The fourth-order valence-electron chi connectivity index (χ4n) is 0.492. The molecule has 0 saturated carbocycles. The van der Waals surface area contributed by atoms with E-state index in [0.717, 1.165) is 6.07 Å². The number of carbonyl (C=O) groups is 1. The summed E-state index contributed by atoms with van der Waals surface area (Å²) < 4.78 is 0. The van der Waals surface area contributed by atoms with E-state index < -0.39 is 11.8 Å². The average molecular weight is 140 g/mol. The van der Waals surface area contributed by atoms with Crippen molar-refractivity contribution in [3.8, 4) is 11.8 Å². The zero-order valence-electron chi connectivity index (χ0n) is 4.85. The summed E-state index contributed by atoms with van der Waals surface area (Å²) in [6.45, 7) is 0. The Labute approximate surface area is 56.0 Å². The topological polar surface area (TPSA) is 83.3 Å². The number of nitrogens with zero attached hydrogens (tertiary/aromatic N) is 2. The molecule has 5 heteroatoms. The van der Waals surface area contributed by atoms with Crippen LogP contribution < -0.4 is 0 Å². The van der Waals surface area contributed by atoms with Crippen LogP contribution >= 0.6 is 0 Å². The molecule has 0 spiro atoms. The van der Waals surface area contributed by atoms with Gasteiger partial charge in [-0.25, -0.2) is 0 Å². The van der Waals surface area contributed by atoms with Gasteiger partial charge in [0.05, 0.1) is 6.07 Å². The number of aromatic nitrogens is 2. The summed E-state index contributed by atoms with van der Waals surface area (Å²) in [5, 5.41) is 17.3. The second kappa shape index (κ2) is 2.30. The normalized spacial score (nSPS) is 9.20. The highest BCUT2D eigenvalue weighted by molar-refractivity contribution is 5.69. The van der Waals surface area contributed by atoms with Crippen LogP contribution in [0.5, 0.6) is 11.8 Å². The van der Waals surface area contributed by atoms with Crippen LogP contribution in [-0.2, 0) is 0 Å². The van der Waals surface area contributed by atoms with Crippen molar-refractivity contribution in [2.75, 3.05) is 0 Å². The summed E-state index contributed by atoms with van der Waals surface area (Å²) in [7, 11) is 0. The van der Waals surface area contributed by atoms with E-state index in [1.807, 2.05) is 0 Å². The largest absolute Gasteiger partial charge is 0.493 e. The van der Waals surface area contributed by atoms with E-state index in [0.29, 0.717) is 6.29 Å². The molecular formula is C5H4N2O3. The SMILES string of the molecule is O=Cc1nc(O)cc(O)n1. The Morgan fingerprint density at radius 1 is 1.30 bits per heavy atom. The molecule has 0 aliphatic rings. The average Bonchev–Trinajstić information content (AvgIpc) is 1.85. The molecule has 10 heavy (non-hydrogen) atoms. The minimum atomic E-state index is -0.422. The van der Waals surface area contributed by atoms with E-state index >= 15 is 0 Å². The number of carbonyl (C=O) groups excluding carboxylic acids is 1. The first-order valence-electron chi connectivity index (χ1n) is 2.44. The Hall–Kier alpha value is -1.65. The van der Waals surface area contributed by atoms with Crippen molar-refractivity contribution in [2.24, 2.45) is 0 Å². The van der Waals surface area contributed by atoms with E-state index in [2.05, 4.69) is 9.97 Å². The molecule has 0 aliphatic carbocycles. The van der Waals surface area contributed by atoms with Crippen molar-refractivity contribution in [3.63, 3.8) is 0 Å². The first-order chi connectivity index (χ1) is 4.72. The molecule has 52 valence electrons. The van der Waals surface area contributed by atoms with Gasteiger partial charge in [0, 0.05) is 0 Å². The summed E-state index contributed by atoms with van der Waals surface area (Å²) in [6, 6.07) is 0.938. The van der Waals surface area contributed by atoms with E-state index in [9.17, 15) is 4.79 Å². The second-order valence-corrected chi connectivity index (χ2v) is 1.56. The lowest BCUT2D eigenvalue weighted by Crippen LogP contribution is -1.90. The van der Waals surface area contributed by atoms with Crippen LogP contribution in [0.25, 0.3) is 0 Å². The minimum absolute atomic E-state index is 0.238. The maximum Gasteiger partial charge on any atom is 0.218 e. The van der Waals surface area contributed by atoms with Gasteiger partial charge in [-0.05, 0) is 0 Å². The third-order valence-electron chi connectivity index (χ3n) is 0.822. The van der Waals surface area contributed by atoms with Crippen LogP contribution in [0.2, 0.25) is 0 Å². The van der Waals surface area contributed by atoms with Crippen molar-refractivity contribution in [1.29, 1.82) is 0 Å². The molecule has 0 fully saturated rings. The molecule has 0 unspecified atom stereocenters. The summed E-state index contributed by atoms with van der Waals surface area (Å²) in [5.41, 5.74) is 0. The van der Waals surface area contributed by atoms with Crippen molar-refractivity contribution >= 4 is 6.29 Å². The van der Waals surface area contributed by atoms with Crippen LogP contribution in [0.3, 0.4) is 0 Å². The smallest absolute Gasteiger partial charge is 0.218 e. The summed E-state index contributed by atoms with van der Waals surface area (Å²) >= 11 is 0. The molecule has 1 aromatic heterocycles. The van der Waals surface area contributed by atoms with Gasteiger partial charge in [0.2, 0.25) is 11.8 Å². The van der Waals surface area contributed by atoms with Gasteiger partial charge in [-0.15, -0.1) is 0 Å². The van der Waals surface area contributed by atoms with Crippen LogP contribution in [0.15, 0.2) is 6.07 Å². The van der Waals surface area contributed by atoms with Gasteiger partial charge in [0.1, 0.15) is 0 Å². The zero-order chi connectivity index (χ0) is 7.56. The lowest BCUT2D eigenvalue weighted by molar-refractivity contribution is 0.111. The van der Waals surface area contributed by atoms with Gasteiger partial charge in [-0.1, -0.05) is 0 Å². The highest BCUT2D eigenvalue weighted by atomic mass is 16.3. The molecule has 0 radical (unpaired) electrons. The molecule has 0 amide bonds. The van der Waals surface area contributed by atoms with E-state index in [1.54, 1.807) is 0 Å².